The van der Waals surface area contributed by atoms with Crippen LogP contribution in [-0.2, 0) is 11.2 Å². The van der Waals surface area contributed by atoms with Crippen molar-refractivity contribution in [3.8, 4) is 5.75 Å². The summed E-state index contributed by atoms with van der Waals surface area (Å²) in [5, 5.41) is 17.3. The van der Waals surface area contributed by atoms with Crippen molar-refractivity contribution < 1.29 is 14.5 Å². The predicted octanol–water partition coefficient (Wildman–Crippen LogP) is 3.47. The number of non-ortho nitro benzene ring substituents is 1. The number of methoxy groups -OCH3 is 1. The number of hydrazone groups is 1. The van der Waals surface area contributed by atoms with Crippen molar-refractivity contribution in [2.75, 3.05) is 7.11 Å². The lowest BCUT2D eigenvalue weighted by atomic mass is 9.77. The lowest BCUT2D eigenvalue weighted by Gasteiger charge is -2.29. The highest BCUT2D eigenvalue weighted by atomic mass is 16.6. The fourth-order valence-electron chi connectivity index (χ4n) is 4.03. The van der Waals surface area contributed by atoms with E-state index in [0.29, 0.717) is 0 Å². The minimum atomic E-state index is -0.417. The van der Waals surface area contributed by atoms with E-state index >= 15 is 0 Å². The van der Waals surface area contributed by atoms with Gasteiger partial charge in [0.2, 0.25) is 5.91 Å². The van der Waals surface area contributed by atoms with Crippen LogP contribution in [0.4, 0.5) is 5.69 Å². The predicted molar refractivity (Wildman–Crippen MR) is 99.7 cm³/mol. The molecule has 7 heteroatoms. The third kappa shape index (κ3) is 2.85. The van der Waals surface area contributed by atoms with Gasteiger partial charge in [-0.05, 0) is 36.1 Å². The van der Waals surface area contributed by atoms with Crippen LogP contribution in [0.5, 0.6) is 5.75 Å². The average Bonchev–Trinajstić information content (AvgIpc) is 3.08. The summed E-state index contributed by atoms with van der Waals surface area (Å²) >= 11 is 0. The van der Waals surface area contributed by atoms with E-state index in [2.05, 4.69) is 5.10 Å². The number of fused-ring (bicyclic) bond motifs is 3. The maximum atomic E-state index is 12.3. The second kappa shape index (κ2) is 6.50. The molecule has 4 rings (SSSR count). The number of benzene rings is 2. The second-order valence-corrected chi connectivity index (χ2v) is 6.81. The van der Waals surface area contributed by atoms with Gasteiger partial charge in [0.1, 0.15) is 5.75 Å². The Hall–Kier alpha value is -3.22. The van der Waals surface area contributed by atoms with E-state index in [4.69, 9.17) is 4.74 Å². The third-order valence-corrected chi connectivity index (χ3v) is 5.27. The van der Waals surface area contributed by atoms with Gasteiger partial charge in [-0.2, -0.15) is 5.10 Å². The third-order valence-electron chi connectivity index (χ3n) is 5.27. The molecule has 0 bridgehead atoms. The van der Waals surface area contributed by atoms with Crippen molar-refractivity contribution in [2.24, 2.45) is 11.0 Å². The maximum absolute atomic E-state index is 12.3. The largest absolute Gasteiger partial charge is 0.497 e. The van der Waals surface area contributed by atoms with Crippen LogP contribution in [-0.4, -0.2) is 28.7 Å². The van der Waals surface area contributed by atoms with Gasteiger partial charge in [0.25, 0.3) is 5.69 Å². The first-order valence-corrected chi connectivity index (χ1v) is 8.79. The molecule has 0 spiro atoms. The van der Waals surface area contributed by atoms with Crippen molar-refractivity contribution in [1.29, 1.82) is 0 Å². The zero-order chi connectivity index (χ0) is 19.1. The zero-order valence-corrected chi connectivity index (χ0v) is 15.1. The SMILES string of the molecule is COc1ccc2c(c1)C1=NN(C(C)=O)C(c3cccc([N+](=O)[O-])c3)C1CC2. The highest BCUT2D eigenvalue weighted by Gasteiger charge is 2.43. The monoisotopic (exact) mass is 365 g/mol. The van der Waals surface area contributed by atoms with Gasteiger partial charge >= 0.3 is 0 Å². The number of aryl methyl sites for hydroxylation is 1. The minimum Gasteiger partial charge on any atom is -0.497 e. The van der Waals surface area contributed by atoms with Crippen LogP contribution in [0.1, 0.15) is 36.1 Å². The van der Waals surface area contributed by atoms with Crippen LogP contribution in [0, 0.1) is 16.0 Å². The molecule has 1 aliphatic carbocycles. The van der Waals surface area contributed by atoms with Crippen LogP contribution >= 0.6 is 0 Å². The van der Waals surface area contributed by atoms with Crippen molar-refractivity contribution in [3.05, 3.63) is 69.3 Å². The number of nitrogens with zero attached hydrogens (tertiary/aromatic N) is 3. The molecule has 2 aromatic rings. The van der Waals surface area contributed by atoms with Gasteiger partial charge in [0, 0.05) is 30.5 Å². The summed E-state index contributed by atoms with van der Waals surface area (Å²) in [7, 11) is 1.62. The van der Waals surface area contributed by atoms with Gasteiger partial charge in [0.15, 0.2) is 0 Å². The molecule has 0 N–H and O–H groups in total. The standard InChI is InChI=1S/C20H19N3O4/c1-12(24)22-20(14-4-3-5-15(10-14)23(25)26)17-9-7-13-6-8-16(27-2)11-18(13)19(17)21-22/h3-6,8,10-11,17,20H,7,9H2,1-2H3. The van der Waals surface area contributed by atoms with Crippen molar-refractivity contribution in [2.45, 2.75) is 25.8 Å². The van der Waals surface area contributed by atoms with Crippen molar-refractivity contribution in [1.82, 2.24) is 5.01 Å². The minimum absolute atomic E-state index is 0.00416. The molecule has 1 amide bonds. The molecule has 2 aromatic carbocycles. The number of nitro benzene ring substituents is 1. The van der Waals surface area contributed by atoms with Crippen LogP contribution < -0.4 is 4.74 Å². The van der Waals surface area contributed by atoms with Gasteiger partial charge < -0.3 is 4.74 Å². The number of ether oxygens (including phenoxy) is 1. The molecular formula is C20H19N3O4. The molecule has 1 aliphatic heterocycles. The summed E-state index contributed by atoms with van der Waals surface area (Å²) in [5.41, 5.74) is 3.76. The fourth-order valence-corrected chi connectivity index (χ4v) is 4.03. The molecule has 2 aliphatic rings. The number of hydrogen-bond donors (Lipinski definition) is 0. The number of carbonyl (C=O) groups excluding carboxylic acids is 1. The van der Waals surface area contributed by atoms with E-state index in [0.717, 1.165) is 35.4 Å². The molecular weight excluding hydrogens is 346 g/mol. The molecule has 138 valence electrons. The van der Waals surface area contributed by atoms with E-state index in [-0.39, 0.29) is 23.6 Å². The first kappa shape index (κ1) is 17.2. The molecule has 2 atom stereocenters. The van der Waals surface area contributed by atoms with Gasteiger partial charge in [-0.15, -0.1) is 0 Å². The fraction of sp³-hybridized carbons (Fsp3) is 0.300. The van der Waals surface area contributed by atoms with Crippen LogP contribution in [0.3, 0.4) is 0 Å². The average molecular weight is 365 g/mol. The summed E-state index contributed by atoms with van der Waals surface area (Å²) in [6.45, 7) is 1.47. The van der Waals surface area contributed by atoms with Crippen LogP contribution in [0.2, 0.25) is 0 Å². The Balaban J connectivity index is 1.81. The summed E-state index contributed by atoms with van der Waals surface area (Å²) in [6, 6.07) is 12.1. The van der Waals surface area contributed by atoms with E-state index in [1.54, 1.807) is 19.2 Å². The molecule has 0 fully saturated rings. The number of nitro groups is 1. The zero-order valence-electron chi connectivity index (χ0n) is 15.1. The normalized spacial score (nSPS) is 20.5. The van der Waals surface area contributed by atoms with Crippen molar-refractivity contribution in [3.63, 3.8) is 0 Å². The molecule has 0 radical (unpaired) electrons. The van der Waals surface area contributed by atoms with E-state index in [9.17, 15) is 14.9 Å². The Bertz CT molecular complexity index is 969. The second-order valence-electron chi connectivity index (χ2n) is 6.81. The Morgan fingerprint density at radius 3 is 2.81 bits per heavy atom. The van der Waals surface area contributed by atoms with Crippen molar-refractivity contribution >= 4 is 17.3 Å². The Kier molecular flexibility index (Phi) is 4.14. The maximum Gasteiger partial charge on any atom is 0.269 e. The van der Waals surface area contributed by atoms with E-state index in [1.165, 1.54) is 23.6 Å². The molecule has 27 heavy (non-hydrogen) atoms. The van der Waals surface area contributed by atoms with E-state index in [1.807, 2.05) is 24.3 Å². The number of hydrogen-bond acceptors (Lipinski definition) is 5. The Labute approximate surface area is 156 Å². The smallest absolute Gasteiger partial charge is 0.269 e. The van der Waals surface area contributed by atoms with Gasteiger partial charge in [-0.25, -0.2) is 5.01 Å². The Morgan fingerprint density at radius 1 is 1.30 bits per heavy atom. The first-order chi connectivity index (χ1) is 13.0. The molecule has 0 aromatic heterocycles. The molecule has 0 saturated carbocycles. The molecule has 1 heterocycles. The van der Waals surface area contributed by atoms with Gasteiger partial charge in [0.05, 0.1) is 23.8 Å². The van der Waals surface area contributed by atoms with Gasteiger partial charge in [-0.3, -0.25) is 14.9 Å². The van der Waals surface area contributed by atoms with E-state index < -0.39 is 4.92 Å². The molecule has 0 saturated heterocycles. The van der Waals surface area contributed by atoms with Crippen LogP contribution in [0.25, 0.3) is 0 Å². The quantitative estimate of drug-likeness (QED) is 0.616. The summed E-state index contributed by atoms with van der Waals surface area (Å²) in [6.07, 6.45) is 1.69. The van der Waals surface area contributed by atoms with Gasteiger partial charge in [-0.1, -0.05) is 18.2 Å². The number of amides is 1. The number of rotatable bonds is 3. The highest BCUT2D eigenvalue weighted by Crippen LogP contribution is 2.44. The number of carbonyl (C=O) groups is 1. The topological polar surface area (TPSA) is 85.0 Å². The highest BCUT2D eigenvalue weighted by molar-refractivity contribution is 6.07. The summed E-state index contributed by atoms with van der Waals surface area (Å²) in [5.74, 6) is 0.554. The lowest BCUT2D eigenvalue weighted by Crippen LogP contribution is -2.31. The summed E-state index contributed by atoms with van der Waals surface area (Å²) < 4.78 is 5.35. The first-order valence-electron chi connectivity index (χ1n) is 8.79. The summed E-state index contributed by atoms with van der Waals surface area (Å²) in [4.78, 5) is 23.1. The Morgan fingerprint density at radius 2 is 2.11 bits per heavy atom. The lowest BCUT2D eigenvalue weighted by molar-refractivity contribution is -0.385. The molecule has 2 unspecified atom stereocenters. The molecule has 7 nitrogen and oxygen atoms in total. The van der Waals surface area contributed by atoms with Crippen LogP contribution in [0.15, 0.2) is 47.6 Å².